The molecule has 0 bridgehead atoms. The molecule has 0 aromatic rings. The van der Waals surface area contributed by atoms with Crippen LogP contribution in [0.2, 0.25) is 0 Å². The number of halogens is 1. The second kappa shape index (κ2) is 8.24. The van der Waals surface area contributed by atoms with Gasteiger partial charge in [-0.25, -0.2) is 9.79 Å². The molecule has 0 fully saturated rings. The van der Waals surface area contributed by atoms with E-state index in [-0.39, 0.29) is 5.97 Å². The van der Waals surface area contributed by atoms with Gasteiger partial charge in [-0.05, 0) is 26.3 Å². The SMILES string of the molecule is C\C=C(/C=N/C(Cl)=C/CC)C(=O)OCC. The maximum atomic E-state index is 11.3. The lowest BCUT2D eigenvalue weighted by molar-refractivity contribution is -0.137. The van der Waals surface area contributed by atoms with Crippen molar-refractivity contribution in [1.29, 1.82) is 0 Å². The number of carbonyl (C=O) groups excluding carboxylic acids is 1. The molecule has 0 unspecified atom stereocenters. The Hall–Kier alpha value is -1.09. The number of aliphatic imine (C=N–C) groups is 1. The van der Waals surface area contributed by atoms with E-state index >= 15 is 0 Å². The van der Waals surface area contributed by atoms with Gasteiger partial charge in [0.1, 0.15) is 5.16 Å². The molecule has 4 heteroatoms. The second-order valence-corrected chi connectivity index (χ2v) is 3.05. The van der Waals surface area contributed by atoms with Crippen molar-refractivity contribution in [3.8, 4) is 0 Å². The van der Waals surface area contributed by atoms with Gasteiger partial charge in [0.2, 0.25) is 0 Å². The van der Waals surface area contributed by atoms with Crippen LogP contribution >= 0.6 is 11.6 Å². The Morgan fingerprint density at radius 1 is 1.47 bits per heavy atom. The highest BCUT2D eigenvalue weighted by Crippen LogP contribution is 2.05. The second-order valence-electron chi connectivity index (χ2n) is 2.66. The molecule has 0 aliphatic rings. The van der Waals surface area contributed by atoms with Gasteiger partial charge in [-0.1, -0.05) is 24.6 Å². The molecule has 0 saturated heterocycles. The van der Waals surface area contributed by atoms with E-state index in [1.54, 1.807) is 26.0 Å². The summed E-state index contributed by atoms with van der Waals surface area (Å²) in [5.41, 5.74) is 0.402. The zero-order chi connectivity index (χ0) is 11.7. The molecule has 0 atom stereocenters. The minimum Gasteiger partial charge on any atom is -0.462 e. The number of hydrogen-bond donors (Lipinski definition) is 0. The lowest BCUT2D eigenvalue weighted by Gasteiger charge is -2.00. The van der Waals surface area contributed by atoms with Gasteiger partial charge in [0.15, 0.2) is 0 Å². The summed E-state index contributed by atoms with van der Waals surface area (Å²) >= 11 is 5.75. The fourth-order valence-electron chi connectivity index (χ4n) is 0.812. The van der Waals surface area contributed by atoms with Crippen molar-refractivity contribution in [2.24, 2.45) is 4.99 Å². The molecule has 0 aromatic carbocycles. The summed E-state index contributed by atoms with van der Waals surface area (Å²) in [6.45, 7) is 5.81. The fourth-order valence-corrected chi connectivity index (χ4v) is 1.01. The highest BCUT2D eigenvalue weighted by molar-refractivity contribution is 6.30. The highest BCUT2D eigenvalue weighted by Gasteiger charge is 2.05. The van der Waals surface area contributed by atoms with E-state index in [1.807, 2.05) is 6.92 Å². The van der Waals surface area contributed by atoms with Crippen molar-refractivity contribution < 1.29 is 9.53 Å². The van der Waals surface area contributed by atoms with E-state index in [1.165, 1.54) is 6.21 Å². The first-order valence-corrected chi connectivity index (χ1v) is 5.26. The summed E-state index contributed by atoms with van der Waals surface area (Å²) < 4.78 is 4.83. The summed E-state index contributed by atoms with van der Waals surface area (Å²) in [7, 11) is 0. The molecule has 0 amide bonds. The number of ether oxygens (including phenoxy) is 1. The molecule has 0 spiro atoms. The topological polar surface area (TPSA) is 38.7 Å². The first-order valence-electron chi connectivity index (χ1n) is 4.88. The molecule has 0 N–H and O–H groups in total. The average Bonchev–Trinajstić information content (AvgIpc) is 2.19. The van der Waals surface area contributed by atoms with Gasteiger partial charge < -0.3 is 4.74 Å². The van der Waals surface area contributed by atoms with Gasteiger partial charge in [-0.3, -0.25) is 0 Å². The number of carbonyl (C=O) groups is 1. The van der Waals surface area contributed by atoms with Crippen LogP contribution in [0.15, 0.2) is 27.9 Å². The normalized spacial score (nSPS) is 13.3. The van der Waals surface area contributed by atoms with Crippen molar-refractivity contribution in [1.82, 2.24) is 0 Å². The Bertz CT molecular complexity index is 293. The van der Waals surface area contributed by atoms with Crippen LogP contribution in [0.5, 0.6) is 0 Å². The van der Waals surface area contributed by atoms with E-state index < -0.39 is 0 Å². The van der Waals surface area contributed by atoms with Gasteiger partial charge in [-0.2, -0.15) is 0 Å². The van der Waals surface area contributed by atoms with Crippen LogP contribution in [0.4, 0.5) is 0 Å². The molecule has 0 aliphatic heterocycles. The number of rotatable bonds is 5. The third-order valence-corrected chi connectivity index (χ3v) is 1.77. The van der Waals surface area contributed by atoms with E-state index in [9.17, 15) is 4.79 Å². The van der Waals surface area contributed by atoms with Crippen LogP contribution in [-0.4, -0.2) is 18.8 Å². The van der Waals surface area contributed by atoms with Crippen LogP contribution in [0.1, 0.15) is 27.2 Å². The maximum absolute atomic E-state index is 11.3. The highest BCUT2D eigenvalue weighted by atomic mass is 35.5. The molecular weight excluding hydrogens is 214 g/mol. The largest absolute Gasteiger partial charge is 0.462 e. The van der Waals surface area contributed by atoms with Crippen LogP contribution < -0.4 is 0 Å². The summed E-state index contributed by atoms with van der Waals surface area (Å²) in [6.07, 6.45) is 5.61. The predicted molar refractivity (Wildman–Crippen MR) is 63.1 cm³/mol. The Morgan fingerprint density at radius 2 is 2.13 bits per heavy atom. The molecule has 0 aliphatic carbocycles. The standard InChI is InChI=1S/C11H16ClNO2/c1-4-7-10(12)13-8-9(5-2)11(14)15-6-3/h5,7-8H,4,6H2,1-3H3/b9-5+,10-7+,13-8+. The molecule has 0 rings (SSSR count). The third-order valence-electron chi connectivity index (χ3n) is 1.52. The van der Waals surface area contributed by atoms with Crippen molar-refractivity contribution in [3.05, 3.63) is 22.9 Å². The van der Waals surface area contributed by atoms with Crippen molar-refractivity contribution >= 4 is 23.8 Å². The molecule has 0 heterocycles. The van der Waals surface area contributed by atoms with Gasteiger partial charge >= 0.3 is 5.97 Å². The first-order chi connectivity index (χ1) is 7.15. The summed E-state index contributed by atoms with van der Waals surface area (Å²) in [4.78, 5) is 15.2. The van der Waals surface area contributed by atoms with Crippen molar-refractivity contribution in [2.45, 2.75) is 27.2 Å². The summed E-state index contributed by atoms with van der Waals surface area (Å²) in [5.74, 6) is -0.385. The minimum absolute atomic E-state index is 0.350. The Morgan fingerprint density at radius 3 is 2.60 bits per heavy atom. The number of esters is 1. The third kappa shape index (κ3) is 6.07. The van der Waals surface area contributed by atoms with Gasteiger partial charge in [-0.15, -0.1) is 0 Å². The molecule has 0 aromatic heterocycles. The van der Waals surface area contributed by atoms with Crippen LogP contribution in [0.3, 0.4) is 0 Å². The van der Waals surface area contributed by atoms with E-state index in [0.29, 0.717) is 17.3 Å². The molecular formula is C11H16ClNO2. The van der Waals surface area contributed by atoms with Gasteiger partial charge in [0, 0.05) is 6.21 Å². The summed E-state index contributed by atoms with van der Waals surface area (Å²) in [6, 6.07) is 0. The monoisotopic (exact) mass is 229 g/mol. The quantitative estimate of drug-likeness (QED) is 0.315. The molecule has 84 valence electrons. The molecule has 3 nitrogen and oxygen atoms in total. The zero-order valence-electron chi connectivity index (χ0n) is 9.29. The van der Waals surface area contributed by atoms with Gasteiger partial charge in [0.05, 0.1) is 12.2 Å². The molecule has 15 heavy (non-hydrogen) atoms. The zero-order valence-corrected chi connectivity index (χ0v) is 10.0. The smallest absolute Gasteiger partial charge is 0.339 e. The molecule has 0 saturated carbocycles. The van der Waals surface area contributed by atoms with E-state index in [0.717, 1.165) is 6.42 Å². The number of nitrogens with zero attached hydrogens (tertiary/aromatic N) is 1. The number of allylic oxidation sites excluding steroid dienone is 2. The predicted octanol–water partition coefficient (Wildman–Crippen LogP) is 3.06. The maximum Gasteiger partial charge on any atom is 0.339 e. The Kier molecular flexibility index (Phi) is 7.64. The lowest BCUT2D eigenvalue weighted by atomic mass is 10.3. The van der Waals surface area contributed by atoms with Crippen LogP contribution in [-0.2, 0) is 9.53 Å². The van der Waals surface area contributed by atoms with Crippen LogP contribution in [0.25, 0.3) is 0 Å². The van der Waals surface area contributed by atoms with E-state index in [2.05, 4.69) is 4.99 Å². The van der Waals surface area contributed by atoms with E-state index in [4.69, 9.17) is 16.3 Å². The van der Waals surface area contributed by atoms with Gasteiger partial charge in [0.25, 0.3) is 0 Å². The van der Waals surface area contributed by atoms with Crippen molar-refractivity contribution in [3.63, 3.8) is 0 Å². The lowest BCUT2D eigenvalue weighted by Crippen LogP contribution is -2.08. The van der Waals surface area contributed by atoms with Crippen LogP contribution in [0, 0.1) is 0 Å². The minimum atomic E-state index is -0.385. The van der Waals surface area contributed by atoms with Crippen molar-refractivity contribution in [2.75, 3.05) is 6.61 Å². The summed E-state index contributed by atoms with van der Waals surface area (Å²) in [5, 5.41) is 0.376. The number of hydrogen-bond acceptors (Lipinski definition) is 3. The Labute approximate surface area is 95.5 Å². The first kappa shape index (κ1) is 13.9. The average molecular weight is 230 g/mol. The molecule has 0 radical (unpaired) electrons. The fraction of sp³-hybridized carbons (Fsp3) is 0.455. The Balaban J connectivity index is 4.47.